The molecule has 1 aromatic carbocycles. The summed E-state index contributed by atoms with van der Waals surface area (Å²) in [5.74, 6) is 2.24. The number of ether oxygens (including phenoxy) is 2. The number of hydrogen-bond donors (Lipinski definition) is 1. The summed E-state index contributed by atoms with van der Waals surface area (Å²) in [4.78, 5) is 12.8. The zero-order valence-electron chi connectivity index (χ0n) is 16.0. The number of carbonyl (C=O) groups is 1. The predicted octanol–water partition coefficient (Wildman–Crippen LogP) is 4.10. The average molecular weight is 358 g/mol. The summed E-state index contributed by atoms with van der Waals surface area (Å²) >= 11 is 0. The van der Waals surface area contributed by atoms with Gasteiger partial charge in [-0.15, -0.1) is 0 Å². The molecule has 2 aromatic rings. The highest BCUT2D eigenvalue weighted by Gasteiger charge is 2.34. The number of benzene rings is 1. The monoisotopic (exact) mass is 358 g/mol. The number of nitrogens with one attached hydrogen (secondary N) is 1. The Morgan fingerprint density at radius 1 is 1.23 bits per heavy atom. The summed E-state index contributed by atoms with van der Waals surface area (Å²) in [5.41, 5.74) is 2.12. The second kappa shape index (κ2) is 7.02. The molecule has 1 heterocycles. The number of fused-ring (bicyclic) bond motifs is 1. The number of aromatic nitrogens is 1. The Balaban J connectivity index is 1.81. The zero-order chi connectivity index (χ0) is 18.9. The van der Waals surface area contributed by atoms with E-state index in [-0.39, 0.29) is 11.3 Å². The van der Waals surface area contributed by atoms with Crippen LogP contribution in [0.15, 0.2) is 22.7 Å². The smallest absolute Gasteiger partial charge is 0.278 e. The fourth-order valence-corrected chi connectivity index (χ4v) is 3.43. The van der Waals surface area contributed by atoms with Gasteiger partial charge in [0.05, 0.1) is 14.2 Å². The number of methoxy groups -OCH3 is 2. The molecule has 0 saturated heterocycles. The average Bonchev–Trinajstić information content (AvgIpc) is 3.04. The van der Waals surface area contributed by atoms with Crippen molar-refractivity contribution in [2.75, 3.05) is 19.5 Å². The first-order chi connectivity index (χ1) is 12.3. The van der Waals surface area contributed by atoms with E-state index in [1.807, 2.05) is 0 Å². The SMILES string of the molecule is COc1ccc(NC(=O)c2noc3c2CC(C(C)(C)C)CC3)cc1OC. The van der Waals surface area contributed by atoms with Crippen LogP contribution >= 0.6 is 0 Å². The molecule has 1 aromatic heterocycles. The number of amides is 1. The van der Waals surface area contributed by atoms with Gasteiger partial charge in [-0.1, -0.05) is 25.9 Å². The third-order valence-corrected chi connectivity index (χ3v) is 5.12. The molecule has 0 spiro atoms. The minimum absolute atomic E-state index is 0.187. The lowest BCUT2D eigenvalue weighted by atomic mass is 9.71. The van der Waals surface area contributed by atoms with Gasteiger partial charge in [-0.3, -0.25) is 4.79 Å². The molecule has 1 aliphatic carbocycles. The van der Waals surface area contributed by atoms with Crippen LogP contribution in [0.5, 0.6) is 11.5 Å². The number of hydrogen-bond acceptors (Lipinski definition) is 5. The van der Waals surface area contributed by atoms with Gasteiger partial charge >= 0.3 is 0 Å². The Kier molecular flexibility index (Phi) is 4.94. The highest BCUT2D eigenvalue weighted by atomic mass is 16.5. The van der Waals surface area contributed by atoms with Crippen molar-refractivity contribution in [2.45, 2.75) is 40.0 Å². The zero-order valence-corrected chi connectivity index (χ0v) is 16.0. The van der Waals surface area contributed by atoms with E-state index in [4.69, 9.17) is 14.0 Å². The Bertz CT molecular complexity index is 805. The van der Waals surface area contributed by atoms with Crippen LogP contribution in [0.3, 0.4) is 0 Å². The Morgan fingerprint density at radius 2 is 1.96 bits per heavy atom. The summed E-state index contributed by atoms with van der Waals surface area (Å²) in [5, 5.41) is 6.92. The topological polar surface area (TPSA) is 73.6 Å². The highest BCUT2D eigenvalue weighted by Crippen LogP contribution is 2.38. The van der Waals surface area contributed by atoms with Gasteiger partial charge in [0.25, 0.3) is 5.91 Å². The van der Waals surface area contributed by atoms with Crippen LogP contribution in [0.1, 0.15) is 49.0 Å². The van der Waals surface area contributed by atoms with Crippen LogP contribution in [0.4, 0.5) is 5.69 Å². The van der Waals surface area contributed by atoms with Gasteiger partial charge < -0.3 is 19.3 Å². The number of nitrogens with zero attached hydrogens (tertiary/aromatic N) is 1. The molecule has 1 N–H and O–H groups in total. The molecule has 1 aliphatic rings. The second-order valence-corrected chi connectivity index (χ2v) is 7.76. The molecule has 0 aliphatic heterocycles. The van der Waals surface area contributed by atoms with Gasteiger partial charge in [0.15, 0.2) is 17.2 Å². The Labute approximate surface area is 153 Å². The van der Waals surface area contributed by atoms with Crippen molar-refractivity contribution in [1.82, 2.24) is 5.16 Å². The molecule has 0 saturated carbocycles. The largest absolute Gasteiger partial charge is 0.493 e. The molecule has 0 bridgehead atoms. The maximum atomic E-state index is 12.8. The highest BCUT2D eigenvalue weighted by molar-refractivity contribution is 6.04. The van der Waals surface area contributed by atoms with Gasteiger partial charge in [0.1, 0.15) is 5.76 Å². The second-order valence-electron chi connectivity index (χ2n) is 7.76. The molecule has 3 rings (SSSR count). The van der Waals surface area contributed by atoms with Crippen LogP contribution in [-0.2, 0) is 12.8 Å². The van der Waals surface area contributed by atoms with Crippen molar-refractivity contribution in [3.05, 3.63) is 35.2 Å². The van der Waals surface area contributed by atoms with Crippen LogP contribution in [0.25, 0.3) is 0 Å². The molecule has 1 amide bonds. The van der Waals surface area contributed by atoms with E-state index >= 15 is 0 Å². The van der Waals surface area contributed by atoms with Crippen molar-refractivity contribution in [2.24, 2.45) is 11.3 Å². The van der Waals surface area contributed by atoms with E-state index in [1.165, 1.54) is 0 Å². The van der Waals surface area contributed by atoms with Gasteiger partial charge in [-0.25, -0.2) is 0 Å². The Hall–Kier alpha value is -2.50. The number of aryl methyl sites for hydroxylation is 1. The van der Waals surface area contributed by atoms with Crippen molar-refractivity contribution in [3.63, 3.8) is 0 Å². The van der Waals surface area contributed by atoms with E-state index in [9.17, 15) is 4.79 Å². The number of carbonyl (C=O) groups excluding carboxylic acids is 1. The molecule has 6 heteroatoms. The summed E-state index contributed by atoms with van der Waals surface area (Å²) in [6.45, 7) is 6.71. The summed E-state index contributed by atoms with van der Waals surface area (Å²) in [6, 6.07) is 5.24. The number of anilines is 1. The Morgan fingerprint density at radius 3 is 2.62 bits per heavy atom. The third-order valence-electron chi connectivity index (χ3n) is 5.12. The first-order valence-electron chi connectivity index (χ1n) is 8.84. The molecular formula is C20H26N2O4. The van der Waals surface area contributed by atoms with E-state index in [1.54, 1.807) is 32.4 Å². The third kappa shape index (κ3) is 3.54. The summed E-state index contributed by atoms with van der Waals surface area (Å²) in [7, 11) is 3.13. The maximum Gasteiger partial charge on any atom is 0.278 e. The molecule has 26 heavy (non-hydrogen) atoms. The molecule has 1 atom stereocenters. The van der Waals surface area contributed by atoms with Crippen molar-refractivity contribution >= 4 is 11.6 Å². The maximum absolute atomic E-state index is 12.8. The van der Waals surface area contributed by atoms with Crippen molar-refractivity contribution in [3.8, 4) is 11.5 Å². The molecule has 6 nitrogen and oxygen atoms in total. The molecule has 1 unspecified atom stereocenters. The first-order valence-corrected chi connectivity index (χ1v) is 8.84. The quantitative estimate of drug-likeness (QED) is 0.891. The van der Waals surface area contributed by atoms with Crippen LogP contribution in [0.2, 0.25) is 0 Å². The van der Waals surface area contributed by atoms with Gasteiger partial charge in [-0.2, -0.15) is 0 Å². The fraction of sp³-hybridized carbons (Fsp3) is 0.500. The van der Waals surface area contributed by atoms with Crippen molar-refractivity contribution < 1.29 is 18.8 Å². The van der Waals surface area contributed by atoms with Crippen LogP contribution < -0.4 is 14.8 Å². The predicted molar refractivity (Wildman–Crippen MR) is 99.0 cm³/mol. The van der Waals surface area contributed by atoms with Crippen LogP contribution in [0, 0.1) is 11.3 Å². The molecule has 140 valence electrons. The molecular weight excluding hydrogens is 332 g/mol. The minimum atomic E-state index is -0.267. The fourth-order valence-electron chi connectivity index (χ4n) is 3.43. The normalized spacial score (nSPS) is 16.7. The summed E-state index contributed by atoms with van der Waals surface area (Å²) in [6.07, 6.45) is 2.70. The molecule has 0 fully saturated rings. The van der Waals surface area contributed by atoms with Gasteiger partial charge in [0.2, 0.25) is 0 Å². The number of rotatable bonds is 4. The van der Waals surface area contributed by atoms with E-state index in [0.717, 1.165) is 30.6 Å². The van der Waals surface area contributed by atoms with Crippen LogP contribution in [-0.4, -0.2) is 25.3 Å². The molecule has 0 radical (unpaired) electrons. The summed E-state index contributed by atoms with van der Waals surface area (Å²) < 4.78 is 15.9. The van der Waals surface area contributed by atoms with Crippen molar-refractivity contribution in [1.29, 1.82) is 0 Å². The lowest BCUT2D eigenvalue weighted by molar-refractivity contribution is 0.101. The lowest BCUT2D eigenvalue weighted by Gasteiger charge is -2.33. The first kappa shape index (κ1) is 18.3. The van der Waals surface area contributed by atoms with E-state index < -0.39 is 0 Å². The lowest BCUT2D eigenvalue weighted by Crippen LogP contribution is -2.27. The standard InChI is InChI=1S/C20H26N2O4/c1-20(2,3)12-6-8-15-14(10-12)18(22-26-15)19(23)21-13-7-9-16(24-4)17(11-13)25-5/h7,9,11-12H,6,8,10H2,1-5H3,(H,21,23). The van der Waals surface area contributed by atoms with E-state index in [2.05, 4.69) is 31.2 Å². The minimum Gasteiger partial charge on any atom is -0.493 e. The van der Waals surface area contributed by atoms with Gasteiger partial charge in [0, 0.05) is 23.7 Å². The van der Waals surface area contributed by atoms with E-state index in [0.29, 0.717) is 28.8 Å². The van der Waals surface area contributed by atoms with Gasteiger partial charge in [-0.05, 0) is 36.3 Å².